The lowest BCUT2D eigenvalue weighted by atomic mass is 9.90. The van der Waals surface area contributed by atoms with Gasteiger partial charge in [-0.1, -0.05) is 42.2 Å². The molecule has 0 saturated heterocycles. The summed E-state index contributed by atoms with van der Waals surface area (Å²) in [5, 5.41) is 10.4. The highest BCUT2D eigenvalue weighted by atomic mass is 16.3. The van der Waals surface area contributed by atoms with Crippen molar-refractivity contribution in [2.75, 3.05) is 0 Å². The summed E-state index contributed by atoms with van der Waals surface area (Å²) >= 11 is 0. The fourth-order valence-electron chi connectivity index (χ4n) is 2.49. The predicted octanol–water partition coefficient (Wildman–Crippen LogP) is 3.07. The van der Waals surface area contributed by atoms with Gasteiger partial charge in [-0.25, -0.2) is 0 Å². The number of aryl methyl sites for hydroxylation is 2. The van der Waals surface area contributed by atoms with Crippen LogP contribution in [-0.2, 0) is 5.60 Å². The smallest absolute Gasteiger partial charge is 0.0896 e. The van der Waals surface area contributed by atoms with Gasteiger partial charge in [0.25, 0.3) is 0 Å². The Morgan fingerprint density at radius 2 is 1.50 bits per heavy atom. The molecule has 76 valence electrons. The molecule has 0 spiro atoms. The zero-order chi connectivity index (χ0) is 10.2. The Hall–Kier alpha value is -0.820. The monoisotopic (exact) mass is 190 g/mol. The lowest BCUT2D eigenvalue weighted by molar-refractivity contribution is 0.0443. The standard InChI is InChI=1S/C13H18O/c1-10-7-11(2)9-12(8-10)13(14)5-3-4-6-13/h7-9,14H,3-6H2,1-2H3. The lowest BCUT2D eigenvalue weighted by Gasteiger charge is -2.23. The summed E-state index contributed by atoms with van der Waals surface area (Å²) in [6.07, 6.45) is 4.17. The Morgan fingerprint density at radius 3 is 2.00 bits per heavy atom. The van der Waals surface area contributed by atoms with E-state index in [0.717, 1.165) is 31.2 Å². The second-order valence-electron chi connectivity index (χ2n) is 4.62. The van der Waals surface area contributed by atoms with E-state index >= 15 is 0 Å². The molecular formula is C13H18O. The Balaban J connectivity index is 2.40. The van der Waals surface area contributed by atoms with Crippen LogP contribution in [0.3, 0.4) is 0 Å². The molecule has 14 heavy (non-hydrogen) atoms. The normalized spacial score (nSPS) is 19.9. The van der Waals surface area contributed by atoms with E-state index in [2.05, 4.69) is 32.0 Å². The van der Waals surface area contributed by atoms with Gasteiger partial charge in [0.05, 0.1) is 5.60 Å². The van der Waals surface area contributed by atoms with Gasteiger partial charge in [-0.3, -0.25) is 0 Å². The second kappa shape index (κ2) is 3.39. The third-order valence-electron chi connectivity index (χ3n) is 3.19. The second-order valence-corrected chi connectivity index (χ2v) is 4.62. The van der Waals surface area contributed by atoms with Crippen molar-refractivity contribution in [3.63, 3.8) is 0 Å². The van der Waals surface area contributed by atoms with Crippen LogP contribution in [0.25, 0.3) is 0 Å². The summed E-state index contributed by atoms with van der Waals surface area (Å²) < 4.78 is 0. The number of rotatable bonds is 1. The van der Waals surface area contributed by atoms with Crippen LogP contribution in [0.2, 0.25) is 0 Å². The van der Waals surface area contributed by atoms with E-state index in [0.29, 0.717) is 0 Å². The van der Waals surface area contributed by atoms with Crippen molar-refractivity contribution in [1.29, 1.82) is 0 Å². The summed E-state index contributed by atoms with van der Waals surface area (Å²) in [6.45, 7) is 4.18. The highest BCUT2D eigenvalue weighted by molar-refractivity contribution is 5.32. The third kappa shape index (κ3) is 1.69. The minimum Gasteiger partial charge on any atom is -0.385 e. The van der Waals surface area contributed by atoms with Gasteiger partial charge in [-0.2, -0.15) is 0 Å². The van der Waals surface area contributed by atoms with Crippen molar-refractivity contribution in [3.8, 4) is 0 Å². The van der Waals surface area contributed by atoms with E-state index in [1.807, 2.05) is 0 Å². The van der Waals surface area contributed by atoms with Crippen LogP contribution in [0.5, 0.6) is 0 Å². The topological polar surface area (TPSA) is 20.2 Å². The summed E-state index contributed by atoms with van der Waals surface area (Å²) in [5.74, 6) is 0. The van der Waals surface area contributed by atoms with Crippen molar-refractivity contribution in [3.05, 3.63) is 34.9 Å². The van der Waals surface area contributed by atoms with Crippen molar-refractivity contribution >= 4 is 0 Å². The highest BCUT2D eigenvalue weighted by Crippen LogP contribution is 2.38. The molecule has 0 aromatic heterocycles. The maximum atomic E-state index is 10.4. The molecule has 1 aliphatic rings. The van der Waals surface area contributed by atoms with Crippen LogP contribution >= 0.6 is 0 Å². The van der Waals surface area contributed by atoms with Crippen molar-refractivity contribution < 1.29 is 5.11 Å². The Morgan fingerprint density at radius 1 is 1.00 bits per heavy atom. The van der Waals surface area contributed by atoms with E-state index in [9.17, 15) is 5.11 Å². The number of benzene rings is 1. The van der Waals surface area contributed by atoms with E-state index in [4.69, 9.17) is 0 Å². The molecule has 1 aromatic carbocycles. The summed E-state index contributed by atoms with van der Waals surface area (Å²) in [4.78, 5) is 0. The molecule has 0 bridgehead atoms. The SMILES string of the molecule is Cc1cc(C)cc(C2(O)CCCC2)c1. The molecule has 0 unspecified atom stereocenters. The molecule has 0 amide bonds. The molecule has 0 heterocycles. The van der Waals surface area contributed by atoms with Gasteiger partial charge in [-0.15, -0.1) is 0 Å². The predicted molar refractivity (Wildman–Crippen MR) is 58.3 cm³/mol. The van der Waals surface area contributed by atoms with Crippen LogP contribution in [0.1, 0.15) is 42.4 Å². The zero-order valence-electron chi connectivity index (χ0n) is 9.01. The quantitative estimate of drug-likeness (QED) is 0.721. The van der Waals surface area contributed by atoms with Gasteiger partial charge < -0.3 is 5.11 Å². The van der Waals surface area contributed by atoms with Gasteiger partial charge in [0.1, 0.15) is 0 Å². The molecule has 1 saturated carbocycles. The fraction of sp³-hybridized carbons (Fsp3) is 0.538. The van der Waals surface area contributed by atoms with E-state index in [-0.39, 0.29) is 0 Å². The minimum absolute atomic E-state index is 0.531. The van der Waals surface area contributed by atoms with Crippen molar-refractivity contribution in [2.24, 2.45) is 0 Å². The van der Waals surface area contributed by atoms with Gasteiger partial charge >= 0.3 is 0 Å². The minimum atomic E-state index is -0.531. The molecule has 1 aliphatic carbocycles. The van der Waals surface area contributed by atoms with Crippen LogP contribution in [-0.4, -0.2) is 5.11 Å². The largest absolute Gasteiger partial charge is 0.385 e. The molecule has 0 radical (unpaired) electrons. The maximum absolute atomic E-state index is 10.4. The van der Waals surface area contributed by atoms with Crippen LogP contribution in [0.4, 0.5) is 0 Å². The first kappa shape index (κ1) is 9.72. The Labute approximate surface area is 85.8 Å². The van der Waals surface area contributed by atoms with Gasteiger partial charge in [0, 0.05) is 0 Å². The van der Waals surface area contributed by atoms with Crippen LogP contribution < -0.4 is 0 Å². The van der Waals surface area contributed by atoms with Crippen LogP contribution in [0, 0.1) is 13.8 Å². The van der Waals surface area contributed by atoms with E-state index < -0.39 is 5.60 Å². The first-order valence-corrected chi connectivity index (χ1v) is 5.41. The van der Waals surface area contributed by atoms with E-state index in [1.54, 1.807) is 0 Å². The maximum Gasteiger partial charge on any atom is 0.0896 e. The van der Waals surface area contributed by atoms with E-state index in [1.165, 1.54) is 11.1 Å². The molecule has 1 aromatic rings. The van der Waals surface area contributed by atoms with Gasteiger partial charge in [0.15, 0.2) is 0 Å². The average molecular weight is 190 g/mol. The Kier molecular flexibility index (Phi) is 2.36. The summed E-state index contributed by atoms with van der Waals surface area (Å²) in [7, 11) is 0. The molecule has 0 atom stereocenters. The van der Waals surface area contributed by atoms with Crippen molar-refractivity contribution in [2.45, 2.75) is 45.1 Å². The molecule has 2 rings (SSSR count). The molecule has 0 aliphatic heterocycles. The molecule has 1 N–H and O–H groups in total. The number of hydrogen-bond acceptors (Lipinski definition) is 1. The summed E-state index contributed by atoms with van der Waals surface area (Å²) in [6, 6.07) is 6.40. The molecular weight excluding hydrogens is 172 g/mol. The van der Waals surface area contributed by atoms with Crippen molar-refractivity contribution in [1.82, 2.24) is 0 Å². The molecule has 1 fully saturated rings. The lowest BCUT2D eigenvalue weighted by Crippen LogP contribution is -2.21. The van der Waals surface area contributed by atoms with Crippen LogP contribution in [0.15, 0.2) is 18.2 Å². The highest BCUT2D eigenvalue weighted by Gasteiger charge is 2.32. The Bertz CT molecular complexity index is 315. The number of hydrogen-bond donors (Lipinski definition) is 1. The zero-order valence-corrected chi connectivity index (χ0v) is 9.01. The first-order valence-electron chi connectivity index (χ1n) is 5.41. The molecule has 1 nitrogen and oxygen atoms in total. The third-order valence-corrected chi connectivity index (χ3v) is 3.19. The number of aliphatic hydroxyl groups is 1. The first-order chi connectivity index (χ1) is 6.60. The van der Waals surface area contributed by atoms with Gasteiger partial charge in [-0.05, 0) is 32.3 Å². The average Bonchev–Trinajstić information content (AvgIpc) is 2.52. The summed E-state index contributed by atoms with van der Waals surface area (Å²) in [5.41, 5.74) is 3.09. The molecule has 1 heteroatoms. The van der Waals surface area contributed by atoms with Gasteiger partial charge in [0.2, 0.25) is 0 Å². The fourth-order valence-corrected chi connectivity index (χ4v) is 2.49.